The molecular formula is C12H14BrFN2O2. The zero-order valence-electron chi connectivity index (χ0n) is 9.93. The van der Waals surface area contributed by atoms with Crippen LogP contribution in [0.4, 0.5) is 4.39 Å². The van der Waals surface area contributed by atoms with Gasteiger partial charge in [0.25, 0.3) is 5.91 Å². The standard InChI is InChI=1S/C12H14BrFN2O2/c1-2-15-11(17)5-6-16-12(18)9-4-3-8(13)7-10(9)14/h3-4,7H,2,5-6H2,1H3,(H,15,17)(H,16,18). The van der Waals surface area contributed by atoms with Gasteiger partial charge in [0, 0.05) is 24.0 Å². The number of nitrogens with one attached hydrogen (secondary N) is 2. The van der Waals surface area contributed by atoms with Gasteiger partial charge in [-0.2, -0.15) is 0 Å². The first-order valence-corrected chi connectivity index (χ1v) is 6.34. The molecule has 0 atom stereocenters. The molecule has 2 N–H and O–H groups in total. The van der Waals surface area contributed by atoms with Crippen molar-refractivity contribution in [3.05, 3.63) is 34.1 Å². The lowest BCUT2D eigenvalue weighted by molar-refractivity contribution is -0.120. The van der Waals surface area contributed by atoms with Crippen LogP contribution in [0.2, 0.25) is 0 Å². The van der Waals surface area contributed by atoms with E-state index in [1.807, 2.05) is 6.92 Å². The van der Waals surface area contributed by atoms with Crippen molar-refractivity contribution in [1.29, 1.82) is 0 Å². The molecule has 0 aromatic heterocycles. The quantitative estimate of drug-likeness (QED) is 0.871. The van der Waals surface area contributed by atoms with Crippen molar-refractivity contribution in [3.8, 4) is 0 Å². The average molecular weight is 317 g/mol. The minimum Gasteiger partial charge on any atom is -0.356 e. The minimum absolute atomic E-state index is 0.0332. The van der Waals surface area contributed by atoms with E-state index in [-0.39, 0.29) is 24.4 Å². The predicted molar refractivity (Wildman–Crippen MR) is 69.7 cm³/mol. The second kappa shape index (κ2) is 7.10. The van der Waals surface area contributed by atoms with Crippen molar-refractivity contribution in [2.45, 2.75) is 13.3 Å². The summed E-state index contributed by atoms with van der Waals surface area (Å²) in [5.41, 5.74) is -0.0332. The minimum atomic E-state index is -0.597. The number of carbonyl (C=O) groups is 2. The number of rotatable bonds is 5. The Labute approximate surface area is 113 Å². The molecule has 18 heavy (non-hydrogen) atoms. The predicted octanol–water partition coefficient (Wildman–Crippen LogP) is 1.84. The van der Waals surface area contributed by atoms with Crippen LogP contribution >= 0.6 is 15.9 Å². The molecule has 1 aromatic carbocycles. The molecule has 98 valence electrons. The zero-order chi connectivity index (χ0) is 13.5. The molecule has 0 unspecified atom stereocenters. The van der Waals surface area contributed by atoms with E-state index in [4.69, 9.17) is 0 Å². The molecule has 0 bridgehead atoms. The third kappa shape index (κ3) is 4.44. The van der Waals surface area contributed by atoms with Crippen molar-refractivity contribution in [1.82, 2.24) is 10.6 Å². The summed E-state index contributed by atoms with van der Waals surface area (Å²) in [5, 5.41) is 5.10. The second-order valence-electron chi connectivity index (χ2n) is 3.58. The summed E-state index contributed by atoms with van der Waals surface area (Å²) in [6, 6.07) is 4.20. The third-order valence-corrected chi connectivity index (χ3v) is 2.68. The summed E-state index contributed by atoms with van der Waals surface area (Å²) < 4.78 is 14.0. The lowest BCUT2D eigenvalue weighted by Crippen LogP contribution is -2.31. The SMILES string of the molecule is CCNC(=O)CCNC(=O)c1ccc(Br)cc1F. The van der Waals surface area contributed by atoms with E-state index < -0.39 is 11.7 Å². The molecule has 0 aliphatic rings. The average Bonchev–Trinajstić information content (AvgIpc) is 2.29. The molecule has 0 saturated heterocycles. The Balaban J connectivity index is 2.48. The van der Waals surface area contributed by atoms with Gasteiger partial charge in [0.05, 0.1) is 5.56 Å². The summed E-state index contributed by atoms with van der Waals surface area (Å²) in [7, 11) is 0. The molecule has 1 rings (SSSR count). The molecule has 0 aliphatic heterocycles. The van der Waals surface area contributed by atoms with Crippen LogP contribution in [0.25, 0.3) is 0 Å². The van der Waals surface area contributed by atoms with E-state index in [1.165, 1.54) is 12.1 Å². The Bertz CT molecular complexity index is 452. The van der Waals surface area contributed by atoms with Crippen molar-refractivity contribution < 1.29 is 14.0 Å². The van der Waals surface area contributed by atoms with E-state index in [1.54, 1.807) is 6.07 Å². The lowest BCUT2D eigenvalue weighted by atomic mass is 10.2. The van der Waals surface area contributed by atoms with E-state index in [2.05, 4.69) is 26.6 Å². The van der Waals surface area contributed by atoms with Gasteiger partial charge in [-0.05, 0) is 25.1 Å². The molecule has 0 spiro atoms. The molecular weight excluding hydrogens is 303 g/mol. The summed E-state index contributed by atoms with van der Waals surface area (Å²) in [6.07, 6.45) is 0.178. The summed E-state index contributed by atoms with van der Waals surface area (Å²) in [6.45, 7) is 2.54. The summed E-state index contributed by atoms with van der Waals surface area (Å²) >= 11 is 3.11. The fraction of sp³-hybridized carbons (Fsp3) is 0.333. The Hall–Kier alpha value is -1.43. The van der Waals surface area contributed by atoms with Crippen LogP contribution in [0.3, 0.4) is 0 Å². The highest BCUT2D eigenvalue weighted by atomic mass is 79.9. The van der Waals surface area contributed by atoms with Gasteiger partial charge in [0.15, 0.2) is 0 Å². The number of carbonyl (C=O) groups excluding carboxylic acids is 2. The number of benzene rings is 1. The van der Waals surface area contributed by atoms with Gasteiger partial charge in [-0.1, -0.05) is 15.9 Å². The number of halogens is 2. The van der Waals surface area contributed by atoms with E-state index in [0.717, 1.165) is 0 Å². The fourth-order valence-corrected chi connectivity index (χ4v) is 1.68. The molecule has 6 heteroatoms. The zero-order valence-corrected chi connectivity index (χ0v) is 11.5. The van der Waals surface area contributed by atoms with Gasteiger partial charge in [-0.25, -0.2) is 4.39 Å². The maximum atomic E-state index is 13.4. The normalized spacial score (nSPS) is 9.94. The first-order chi connectivity index (χ1) is 8.54. The Morgan fingerprint density at radius 1 is 1.33 bits per heavy atom. The number of hydrogen-bond donors (Lipinski definition) is 2. The second-order valence-corrected chi connectivity index (χ2v) is 4.50. The van der Waals surface area contributed by atoms with Crippen molar-refractivity contribution in [2.24, 2.45) is 0 Å². The topological polar surface area (TPSA) is 58.2 Å². The van der Waals surface area contributed by atoms with E-state index >= 15 is 0 Å². The van der Waals surface area contributed by atoms with Gasteiger partial charge in [0.2, 0.25) is 5.91 Å². The van der Waals surface area contributed by atoms with Crippen LogP contribution in [-0.2, 0) is 4.79 Å². The van der Waals surface area contributed by atoms with Crippen LogP contribution in [0.15, 0.2) is 22.7 Å². The summed E-state index contributed by atoms with van der Waals surface area (Å²) in [4.78, 5) is 22.7. The molecule has 2 amide bonds. The van der Waals surface area contributed by atoms with Gasteiger partial charge < -0.3 is 10.6 Å². The van der Waals surface area contributed by atoms with Crippen LogP contribution < -0.4 is 10.6 Å². The van der Waals surface area contributed by atoms with Crippen LogP contribution in [0.5, 0.6) is 0 Å². The maximum absolute atomic E-state index is 13.4. The molecule has 0 fully saturated rings. The van der Waals surface area contributed by atoms with Gasteiger partial charge >= 0.3 is 0 Å². The smallest absolute Gasteiger partial charge is 0.254 e. The highest BCUT2D eigenvalue weighted by molar-refractivity contribution is 9.10. The van der Waals surface area contributed by atoms with Crippen LogP contribution in [0.1, 0.15) is 23.7 Å². The molecule has 0 heterocycles. The Morgan fingerprint density at radius 2 is 2.06 bits per heavy atom. The van der Waals surface area contributed by atoms with E-state index in [9.17, 15) is 14.0 Å². The van der Waals surface area contributed by atoms with Crippen molar-refractivity contribution in [2.75, 3.05) is 13.1 Å². The number of hydrogen-bond acceptors (Lipinski definition) is 2. The Morgan fingerprint density at radius 3 is 2.67 bits per heavy atom. The lowest BCUT2D eigenvalue weighted by Gasteiger charge is -2.06. The van der Waals surface area contributed by atoms with Crippen molar-refractivity contribution >= 4 is 27.7 Å². The summed E-state index contributed by atoms with van der Waals surface area (Å²) in [5.74, 6) is -1.27. The maximum Gasteiger partial charge on any atom is 0.254 e. The Kier molecular flexibility index (Phi) is 5.77. The molecule has 1 aromatic rings. The van der Waals surface area contributed by atoms with Gasteiger partial charge in [-0.15, -0.1) is 0 Å². The van der Waals surface area contributed by atoms with Crippen molar-refractivity contribution in [3.63, 3.8) is 0 Å². The van der Waals surface area contributed by atoms with Gasteiger partial charge in [0.1, 0.15) is 5.82 Å². The largest absolute Gasteiger partial charge is 0.356 e. The van der Waals surface area contributed by atoms with E-state index in [0.29, 0.717) is 11.0 Å². The highest BCUT2D eigenvalue weighted by Gasteiger charge is 2.11. The van der Waals surface area contributed by atoms with Gasteiger partial charge in [-0.3, -0.25) is 9.59 Å². The highest BCUT2D eigenvalue weighted by Crippen LogP contribution is 2.14. The first-order valence-electron chi connectivity index (χ1n) is 5.54. The monoisotopic (exact) mass is 316 g/mol. The molecule has 0 aliphatic carbocycles. The van der Waals surface area contributed by atoms with Crippen LogP contribution in [0, 0.1) is 5.82 Å². The molecule has 0 radical (unpaired) electrons. The number of amides is 2. The molecule has 4 nitrogen and oxygen atoms in total. The third-order valence-electron chi connectivity index (χ3n) is 2.19. The fourth-order valence-electron chi connectivity index (χ4n) is 1.34. The first kappa shape index (κ1) is 14.6. The molecule has 0 saturated carbocycles. The van der Waals surface area contributed by atoms with Crippen LogP contribution in [-0.4, -0.2) is 24.9 Å².